The minimum absolute atomic E-state index is 0.182. The molecule has 1 aliphatic heterocycles. The summed E-state index contributed by atoms with van der Waals surface area (Å²) < 4.78 is 5.76. The molecule has 3 aromatic rings. The van der Waals surface area contributed by atoms with Crippen LogP contribution in [0.15, 0.2) is 66.2 Å². The van der Waals surface area contributed by atoms with Crippen molar-refractivity contribution in [1.82, 2.24) is 5.32 Å². The van der Waals surface area contributed by atoms with E-state index in [0.29, 0.717) is 27.0 Å². The number of urea groups is 1. The predicted molar refractivity (Wildman–Crippen MR) is 132 cm³/mol. The molecule has 172 valence electrons. The number of aryl methyl sites for hydroxylation is 2. The molecule has 0 unspecified atom stereocenters. The third kappa shape index (κ3) is 4.83. The number of benzene rings is 3. The van der Waals surface area contributed by atoms with Gasteiger partial charge in [0.05, 0.1) is 10.7 Å². The first-order chi connectivity index (χ1) is 16.2. The molecule has 0 atom stereocenters. The van der Waals surface area contributed by atoms with Crippen molar-refractivity contribution < 1.29 is 19.1 Å². The molecular weight excluding hydrogens is 475 g/mol. The first kappa shape index (κ1) is 23.5. The summed E-state index contributed by atoms with van der Waals surface area (Å²) in [6, 6.07) is 16.6. The van der Waals surface area contributed by atoms with Crippen LogP contribution in [0.25, 0.3) is 6.08 Å². The van der Waals surface area contributed by atoms with E-state index in [1.807, 2.05) is 38.1 Å². The Bertz CT molecular complexity index is 1350. The van der Waals surface area contributed by atoms with Crippen LogP contribution in [-0.2, 0) is 16.2 Å². The van der Waals surface area contributed by atoms with E-state index in [1.54, 1.807) is 36.4 Å². The molecule has 1 N–H and O–H groups in total. The molecule has 3 aromatic carbocycles. The number of nitrogens with zero attached hydrogens (tertiary/aromatic N) is 1. The summed E-state index contributed by atoms with van der Waals surface area (Å²) in [6.07, 6.45) is 1.39. The van der Waals surface area contributed by atoms with Crippen LogP contribution in [0.2, 0.25) is 10.0 Å². The molecule has 1 heterocycles. The fourth-order valence-corrected chi connectivity index (χ4v) is 3.85. The van der Waals surface area contributed by atoms with Crippen LogP contribution >= 0.6 is 23.2 Å². The van der Waals surface area contributed by atoms with Gasteiger partial charge >= 0.3 is 6.03 Å². The van der Waals surface area contributed by atoms with E-state index in [1.165, 1.54) is 6.08 Å². The van der Waals surface area contributed by atoms with Gasteiger partial charge in [-0.05, 0) is 66.9 Å². The maximum atomic E-state index is 13.1. The van der Waals surface area contributed by atoms with E-state index in [2.05, 4.69) is 5.32 Å². The van der Waals surface area contributed by atoms with Crippen LogP contribution in [0.5, 0.6) is 5.75 Å². The van der Waals surface area contributed by atoms with E-state index in [4.69, 9.17) is 27.9 Å². The van der Waals surface area contributed by atoms with Crippen LogP contribution in [0.4, 0.5) is 10.5 Å². The summed E-state index contributed by atoms with van der Waals surface area (Å²) in [6.45, 7) is 4.04. The number of nitrogens with one attached hydrogen (secondary N) is 1. The maximum Gasteiger partial charge on any atom is 0.335 e. The number of carbonyl (C=O) groups is 3. The van der Waals surface area contributed by atoms with Crippen molar-refractivity contribution in [3.05, 3.63) is 98.5 Å². The van der Waals surface area contributed by atoms with Gasteiger partial charge in [0.2, 0.25) is 0 Å². The molecule has 0 aromatic heterocycles. The van der Waals surface area contributed by atoms with E-state index < -0.39 is 17.8 Å². The van der Waals surface area contributed by atoms with Gasteiger partial charge in [-0.3, -0.25) is 14.9 Å². The fourth-order valence-electron chi connectivity index (χ4n) is 3.42. The van der Waals surface area contributed by atoms with Crippen molar-refractivity contribution in [1.29, 1.82) is 0 Å². The summed E-state index contributed by atoms with van der Waals surface area (Å²) in [4.78, 5) is 38.9. The van der Waals surface area contributed by atoms with Crippen LogP contribution in [0.3, 0.4) is 0 Å². The summed E-state index contributed by atoms with van der Waals surface area (Å²) in [7, 11) is 0. The lowest BCUT2D eigenvalue weighted by atomic mass is 10.0. The lowest BCUT2D eigenvalue weighted by molar-refractivity contribution is -0.122. The van der Waals surface area contributed by atoms with Crippen molar-refractivity contribution >= 4 is 52.8 Å². The number of rotatable bonds is 5. The zero-order valence-corrected chi connectivity index (χ0v) is 19.9. The third-order valence-corrected chi connectivity index (χ3v) is 6.12. The molecule has 0 aliphatic carbocycles. The number of amides is 4. The Balaban J connectivity index is 1.58. The Morgan fingerprint density at radius 1 is 0.912 bits per heavy atom. The smallest absolute Gasteiger partial charge is 0.335 e. The van der Waals surface area contributed by atoms with Crippen molar-refractivity contribution in [3.8, 4) is 5.75 Å². The van der Waals surface area contributed by atoms with E-state index in [0.717, 1.165) is 21.6 Å². The van der Waals surface area contributed by atoms with Gasteiger partial charge in [-0.2, -0.15) is 0 Å². The molecule has 8 heteroatoms. The van der Waals surface area contributed by atoms with Gasteiger partial charge in [0.1, 0.15) is 17.9 Å². The zero-order valence-electron chi connectivity index (χ0n) is 18.4. The van der Waals surface area contributed by atoms with E-state index >= 15 is 0 Å². The number of barbiturate groups is 1. The number of hydrogen-bond acceptors (Lipinski definition) is 4. The van der Waals surface area contributed by atoms with Gasteiger partial charge in [0.25, 0.3) is 11.8 Å². The Morgan fingerprint density at radius 2 is 1.68 bits per heavy atom. The summed E-state index contributed by atoms with van der Waals surface area (Å²) >= 11 is 12.5. The molecule has 1 fully saturated rings. The van der Waals surface area contributed by atoms with Gasteiger partial charge in [-0.1, -0.05) is 53.5 Å². The monoisotopic (exact) mass is 494 g/mol. The normalized spacial score (nSPS) is 15.0. The quantitative estimate of drug-likeness (QED) is 0.356. The Hall–Kier alpha value is -3.61. The Kier molecular flexibility index (Phi) is 6.72. The topological polar surface area (TPSA) is 75.7 Å². The molecule has 4 amide bonds. The number of anilines is 1. The Labute approximate surface area is 206 Å². The van der Waals surface area contributed by atoms with Crippen molar-refractivity contribution in [3.63, 3.8) is 0 Å². The second kappa shape index (κ2) is 9.71. The highest BCUT2D eigenvalue weighted by Crippen LogP contribution is 2.29. The predicted octanol–water partition coefficient (Wildman–Crippen LogP) is 5.86. The number of ether oxygens (including phenoxy) is 1. The highest BCUT2D eigenvalue weighted by molar-refractivity contribution is 6.39. The van der Waals surface area contributed by atoms with Crippen molar-refractivity contribution in [2.24, 2.45) is 0 Å². The first-order valence-corrected chi connectivity index (χ1v) is 11.1. The van der Waals surface area contributed by atoms with Crippen molar-refractivity contribution in [2.75, 3.05) is 4.90 Å². The molecule has 0 radical (unpaired) electrons. The first-order valence-electron chi connectivity index (χ1n) is 10.4. The number of carbonyl (C=O) groups excluding carboxylic acids is 3. The molecule has 0 saturated carbocycles. The fraction of sp³-hybridized carbons (Fsp3) is 0.115. The van der Waals surface area contributed by atoms with E-state index in [9.17, 15) is 14.4 Å². The highest BCUT2D eigenvalue weighted by atomic mass is 35.5. The third-order valence-electron chi connectivity index (χ3n) is 5.46. The lowest BCUT2D eigenvalue weighted by Crippen LogP contribution is -2.54. The van der Waals surface area contributed by atoms with Gasteiger partial charge in [0.15, 0.2) is 0 Å². The van der Waals surface area contributed by atoms with Crippen LogP contribution < -0.4 is 15.0 Å². The highest BCUT2D eigenvalue weighted by Gasteiger charge is 2.36. The number of hydrogen-bond donors (Lipinski definition) is 1. The molecule has 1 saturated heterocycles. The lowest BCUT2D eigenvalue weighted by Gasteiger charge is -2.26. The van der Waals surface area contributed by atoms with Gasteiger partial charge in [-0.25, -0.2) is 9.69 Å². The molecule has 0 spiro atoms. The van der Waals surface area contributed by atoms with Crippen LogP contribution in [0, 0.1) is 13.8 Å². The molecule has 6 nitrogen and oxygen atoms in total. The summed E-state index contributed by atoms with van der Waals surface area (Å²) in [5.74, 6) is -1.06. The minimum atomic E-state index is -0.795. The average molecular weight is 495 g/mol. The van der Waals surface area contributed by atoms with Crippen molar-refractivity contribution in [2.45, 2.75) is 20.5 Å². The maximum absolute atomic E-state index is 13.1. The number of imide groups is 2. The molecule has 1 aliphatic rings. The van der Waals surface area contributed by atoms with Crippen LogP contribution in [-0.4, -0.2) is 17.8 Å². The van der Waals surface area contributed by atoms with Crippen LogP contribution in [0.1, 0.15) is 22.3 Å². The van der Waals surface area contributed by atoms with Gasteiger partial charge in [0, 0.05) is 10.6 Å². The molecule has 4 rings (SSSR count). The largest absolute Gasteiger partial charge is 0.487 e. The second-order valence-electron chi connectivity index (χ2n) is 7.80. The molecule has 34 heavy (non-hydrogen) atoms. The second-order valence-corrected chi connectivity index (χ2v) is 8.61. The number of halogens is 2. The summed E-state index contributed by atoms with van der Waals surface area (Å²) in [5, 5.41) is 3.11. The van der Waals surface area contributed by atoms with Gasteiger partial charge < -0.3 is 4.74 Å². The Morgan fingerprint density at radius 3 is 2.38 bits per heavy atom. The molecule has 0 bridgehead atoms. The molecular formula is C26H20Cl2N2O4. The SMILES string of the molecule is Cc1ccc(N2C(=O)NC(=O)/C(=C\c3ccc(OCc4ccccc4Cl)c(Cl)c3)C2=O)cc1C. The average Bonchev–Trinajstić information content (AvgIpc) is 2.79. The van der Waals surface area contributed by atoms with E-state index in [-0.39, 0.29) is 12.2 Å². The zero-order chi connectivity index (χ0) is 24.4. The standard InChI is InChI=1S/C26H20Cl2N2O4/c1-15-7-9-19(11-16(15)2)30-25(32)20(24(31)29-26(30)33)12-17-8-10-23(22(28)13-17)34-14-18-5-3-4-6-21(18)27/h3-13H,14H2,1-2H3,(H,29,31,33)/b20-12+. The summed E-state index contributed by atoms with van der Waals surface area (Å²) in [5.41, 5.74) is 3.45. The van der Waals surface area contributed by atoms with Gasteiger partial charge in [-0.15, -0.1) is 0 Å². The minimum Gasteiger partial charge on any atom is -0.487 e.